The molecule has 0 N–H and O–H groups in total. The first-order valence-electron chi connectivity index (χ1n) is 10.2. The van der Waals surface area contributed by atoms with E-state index in [1.165, 1.54) is 16.2 Å². The lowest BCUT2D eigenvalue weighted by Gasteiger charge is -2.21. The highest BCUT2D eigenvalue weighted by Crippen LogP contribution is 2.48. The number of benzene rings is 5. The Balaban J connectivity index is 1.81. The third-order valence-corrected chi connectivity index (χ3v) is 8.16. The molecule has 0 saturated carbocycles. The van der Waals surface area contributed by atoms with E-state index in [-0.39, 0.29) is 0 Å². The van der Waals surface area contributed by atoms with Gasteiger partial charge in [0.25, 0.3) is 0 Å². The van der Waals surface area contributed by atoms with E-state index in [4.69, 9.17) is 0 Å². The summed E-state index contributed by atoms with van der Waals surface area (Å²) in [6.07, 6.45) is 0.559. The molecule has 5 rings (SSSR count). The topological polar surface area (TPSA) is 17.1 Å². The molecule has 1 unspecified atom stereocenters. The molecule has 5 aromatic carbocycles. The maximum atomic E-state index is 14.2. The van der Waals surface area contributed by atoms with Crippen molar-refractivity contribution in [2.45, 2.75) is 6.16 Å². The van der Waals surface area contributed by atoms with Crippen LogP contribution < -0.4 is 5.30 Å². The normalized spacial score (nSPS) is 13.4. The molecule has 146 valence electrons. The predicted molar refractivity (Wildman–Crippen MR) is 130 cm³/mol. The summed E-state index contributed by atoms with van der Waals surface area (Å²) in [4.78, 5) is 0. The molecule has 0 saturated heterocycles. The lowest BCUT2D eigenvalue weighted by molar-refractivity contribution is 0.584. The van der Waals surface area contributed by atoms with E-state index >= 15 is 0 Å². The van der Waals surface area contributed by atoms with Gasteiger partial charge in [-0.25, -0.2) is 0 Å². The molecule has 5 aromatic rings. The van der Waals surface area contributed by atoms with Crippen LogP contribution in [0.1, 0.15) is 5.56 Å². The fourth-order valence-electron chi connectivity index (χ4n) is 4.40. The van der Waals surface area contributed by atoms with E-state index in [0.717, 1.165) is 27.4 Å². The van der Waals surface area contributed by atoms with Crippen molar-refractivity contribution in [1.29, 1.82) is 0 Å². The van der Waals surface area contributed by atoms with Gasteiger partial charge in [0.2, 0.25) is 0 Å². The lowest BCUT2D eigenvalue weighted by Crippen LogP contribution is -2.10. The van der Waals surface area contributed by atoms with Crippen LogP contribution in [0.2, 0.25) is 0 Å². The second-order valence-corrected chi connectivity index (χ2v) is 11.0. The van der Waals surface area contributed by atoms with Gasteiger partial charge < -0.3 is 4.57 Å². The maximum Gasteiger partial charge on any atom is 0.117 e. The van der Waals surface area contributed by atoms with Crippen molar-refractivity contribution in [2.75, 3.05) is 6.66 Å². The standard InChI is InChI=1S/C28H23OP/c1-30(29,20-21-10-3-2-4-11-21)27-19-18-23-13-6-8-16-25(23)28(27)26-17-9-14-22-12-5-7-15-24(22)26/h2-19H,20H2,1H3. The highest BCUT2D eigenvalue weighted by molar-refractivity contribution is 7.70. The summed E-state index contributed by atoms with van der Waals surface area (Å²) in [5, 5.41) is 5.67. The van der Waals surface area contributed by atoms with Crippen LogP contribution in [0.3, 0.4) is 0 Å². The molecular formula is C28H23OP. The van der Waals surface area contributed by atoms with Gasteiger partial charge in [0, 0.05) is 17.0 Å². The smallest absolute Gasteiger partial charge is 0.117 e. The first-order valence-corrected chi connectivity index (χ1v) is 12.6. The molecule has 1 atom stereocenters. The third-order valence-electron chi connectivity index (χ3n) is 5.80. The third kappa shape index (κ3) is 3.36. The first-order chi connectivity index (χ1) is 14.6. The summed E-state index contributed by atoms with van der Waals surface area (Å²) >= 11 is 0. The zero-order valence-corrected chi connectivity index (χ0v) is 17.8. The SMILES string of the molecule is CP(=O)(Cc1ccccc1)c1ccc2ccccc2c1-c1cccc2ccccc12. The minimum absolute atomic E-state index is 0.559. The molecule has 0 aliphatic rings. The van der Waals surface area contributed by atoms with Gasteiger partial charge in [0.05, 0.1) is 0 Å². The van der Waals surface area contributed by atoms with E-state index in [0.29, 0.717) is 6.16 Å². The average molecular weight is 406 g/mol. The van der Waals surface area contributed by atoms with Crippen molar-refractivity contribution in [1.82, 2.24) is 0 Å². The molecule has 0 amide bonds. The molecule has 1 nitrogen and oxygen atoms in total. The zero-order chi connectivity index (χ0) is 20.6. The van der Waals surface area contributed by atoms with Gasteiger partial charge in [-0.05, 0) is 39.3 Å². The van der Waals surface area contributed by atoms with Crippen LogP contribution in [0.25, 0.3) is 32.7 Å². The van der Waals surface area contributed by atoms with Crippen molar-refractivity contribution in [2.24, 2.45) is 0 Å². The summed E-state index contributed by atoms with van der Waals surface area (Å²) in [6, 6.07) is 37.6. The van der Waals surface area contributed by atoms with Crippen LogP contribution in [0.15, 0.2) is 109 Å². The molecule has 0 aromatic heterocycles. The van der Waals surface area contributed by atoms with Crippen LogP contribution in [0.4, 0.5) is 0 Å². The summed E-state index contributed by atoms with van der Waals surface area (Å²) in [5.41, 5.74) is 3.36. The molecule has 0 aliphatic heterocycles. The highest BCUT2D eigenvalue weighted by atomic mass is 31.2. The van der Waals surface area contributed by atoms with Crippen molar-refractivity contribution >= 4 is 34.0 Å². The van der Waals surface area contributed by atoms with Gasteiger partial charge in [-0.2, -0.15) is 0 Å². The van der Waals surface area contributed by atoms with Gasteiger partial charge in [0.1, 0.15) is 7.14 Å². The maximum absolute atomic E-state index is 14.2. The van der Waals surface area contributed by atoms with Crippen LogP contribution in [-0.4, -0.2) is 6.66 Å². The Labute approximate surface area is 177 Å². The summed E-state index contributed by atoms with van der Waals surface area (Å²) in [5.74, 6) is 0. The Bertz CT molecular complexity index is 1400. The Morgan fingerprint density at radius 2 is 1.20 bits per heavy atom. The van der Waals surface area contributed by atoms with Crippen LogP contribution in [0, 0.1) is 0 Å². The first kappa shape index (κ1) is 18.9. The molecule has 0 radical (unpaired) electrons. The summed E-state index contributed by atoms with van der Waals surface area (Å²) in [7, 11) is -2.65. The van der Waals surface area contributed by atoms with Crippen molar-refractivity contribution < 1.29 is 4.57 Å². The number of hydrogen-bond donors (Lipinski definition) is 0. The minimum Gasteiger partial charge on any atom is -0.319 e. The summed E-state index contributed by atoms with van der Waals surface area (Å²) < 4.78 is 14.2. The molecule has 0 spiro atoms. The van der Waals surface area contributed by atoms with Crippen LogP contribution >= 0.6 is 7.14 Å². The molecular weight excluding hydrogens is 383 g/mol. The minimum atomic E-state index is -2.65. The van der Waals surface area contributed by atoms with Gasteiger partial charge in [-0.3, -0.25) is 0 Å². The van der Waals surface area contributed by atoms with Gasteiger partial charge in [0.15, 0.2) is 0 Å². The largest absolute Gasteiger partial charge is 0.319 e. The van der Waals surface area contributed by atoms with E-state index in [1.54, 1.807) is 0 Å². The molecule has 0 heterocycles. The zero-order valence-electron chi connectivity index (χ0n) is 17.0. The van der Waals surface area contributed by atoms with E-state index in [9.17, 15) is 4.57 Å². The molecule has 2 heteroatoms. The molecule has 30 heavy (non-hydrogen) atoms. The lowest BCUT2D eigenvalue weighted by atomic mass is 9.94. The second-order valence-electron chi connectivity index (χ2n) is 7.95. The fourth-order valence-corrected chi connectivity index (χ4v) is 6.58. The van der Waals surface area contributed by atoms with Gasteiger partial charge in [-0.1, -0.05) is 109 Å². The highest BCUT2D eigenvalue weighted by Gasteiger charge is 2.25. The van der Waals surface area contributed by atoms with E-state index in [1.807, 2.05) is 24.9 Å². The van der Waals surface area contributed by atoms with E-state index in [2.05, 4.69) is 91.0 Å². The van der Waals surface area contributed by atoms with Gasteiger partial charge >= 0.3 is 0 Å². The molecule has 0 fully saturated rings. The number of hydrogen-bond acceptors (Lipinski definition) is 1. The Morgan fingerprint density at radius 3 is 1.97 bits per heavy atom. The van der Waals surface area contributed by atoms with Crippen molar-refractivity contribution in [3.05, 3.63) is 115 Å². The fraction of sp³-hybridized carbons (Fsp3) is 0.0714. The molecule has 0 bridgehead atoms. The Hall–Kier alpha value is -3.15. The average Bonchev–Trinajstić information content (AvgIpc) is 2.78. The number of rotatable bonds is 4. The quantitative estimate of drug-likeness (QED) is 0.283. The van der Waals surface area contributed by atoms with E-state index < -0.39 is 7.14 Å². The van der Waals surface area contributed by atoms with Crippen LogP contribution in [0.5, 0.6) is 0 Å². The Morgan fingerprint density at radius 1 is 0.600 bits per heavy atom. The predicted octanol–water partition coefficient (Wildman–Crippen LogP) is 7.48. The molecule has 0 aliphatic carbocycles. The number of fused-ring (bicyclic) bond motifs is 2. The second kappa shape index (κ2) is 7.59. The monoisotopic (exact) mass is 406 g/mol. The van der Waals surface area contributed by atoms with Crippen molar-refractivity contribution in [3.8, 4) is 11.1 Å². The van der Waals surface area contributed by atoms with Crippen LogP contribution in [-0.2, 0) is 10.7 Å². The Kier molecular flexibility index (Phi) is 4.77. The van der Waals surface area contributed by atoms with Crippen molar-refractivity contribution in [3.63, 3.8) is 0 Å². The summed E-state index contributed by atoms with van der Waals surface area (Å²) in [6.45, 7) is 1.93. The van der Waals surface area contributed by atoms with Gasteiger partial charge in [-0.15, -0.1) is 0 Å².